The van der Waals surface area contributed by atoms with Gasteiger partial charge in [-0.25, -0.2) is 9.97 Å². The van der Waals surface area contributed by atoms with Crippen LogP contribution in [0.25, 0.3) is 0 Å². The highest BCUT2D eigenvalue weighted by Crippen LogP contribution is 2.23. The van der Waals surface area contributed by atoms with Crippen molar-refractivity contribution in [1.29, 1.82) is 0 Å². The molecule has 0 radical (unpaired) electrons. The van der Waals surface area contributed by atoms with Crippen molar-refractivity contribution in [3.05, 3.63) is 17.5 Å². The van der Waals surface area contributed by atoms with Crippen molar-refractivity contribution in [2.45, 2.75) is 58.9 Å². The van der Waals surface area contributed by atoms with Crippen molar-refractivity contribution in [1.82, 2.24) is 9.97 Å². The molecule has 0 amide bonds. The van der Waals surface area contributed by atoms with E-state index in [1.807, 2.05) is 13.0 Å². The van der Waals surface area contributed by atoms with E-state index in [9.17, 15) is 0 Å². The highest BCUT2D eigenvalue weighted by molar-refractivity contribution is 6.18. The van der Waals surface area contributed by atoms with Gasteiger partial charge in [0.2, 0.25) is 5.95 Å². The molecule has 1 rings (SSSR count). The predicted molar refractivity (Wildman–Crippen MR) is 78.5 cm³/mol. The van der Waals surface area contributed by atoms with E-state index in [4.69, 9.17) is 11.6 Å². The fourth-order valence-corrected chi connectivity index (χ4v) is 2.28. The Morgan fingerprint density at radius 1 is 1.28 bits per heavy atom. The molecule has 0 unspecified atom stereocenters. The Kier molecular flexibility index (Phi) is 5.39. The Morgan fingerprint density at radius 3 is 2.33 bits per heavy atom. The number of hydrogen-bond acceptors (Lipinski definition) is 3. The Bertz CT molecular complexity index is 378. The number of alkyl halides is 1. The zero-order valence-electron chi connectivity index (χ0n) is 12.0. The van der Waals surface area contributed by atoms with Crippen molar-refractivity contribution >= 4 is 17.5 Å². The minimum absolute atomic E-state index is 0.108. The fraction of sp³-hybridized carbons (Fsp3) is 0.714. The van der Waals surface area contributed by atoms with Crippen molar-refractivity contribution in [3.8, 4) is 0 Å². The number of halogens is 1. The van der Waals surface area contributed by atoms with E-state index >= 15 is 0 Å². The van der Waals surface area contributed by atoms with Gasteiger partial charge in [-0.1, -0.05) is 27.7 Å². The van der Waals surface area contributed by atoms with Gasteiger partial charge in [0.05, 0.1) is 5.54 Å². The Balaban J connectivity index is 3.03. The third kappa shape index (κ3) is 3.58. The van der Waals surface area contributed by atoms with E-state index in [2.05, 4.69) is 43.0 Å². The molecule has 3 nitrogen and oxygen atoms in total. The normalized spacial score (nSPS) is 11.9. The van der Waals surface area contributed by atoms with Crippen molar-refractivity contribution in [3.63, 3.8) is 0 Å². The standard InChI is InChI=1S/C14H24ClN3/c1-6-14(7-2,9-15)18-13-16-11(5)8-12(17-13)10(3)4/h8,10H,6-7,9H2,1-5H3,(H,16,17,18). The van der Waals surface area contributed by atoms with Crippen LogP contribution in [-0.4, -0.2) is 21.4 Å². The molecule has 102 valence electrons. The number of aromatic nitrogens is 2. The van der Waals surface area contributed by atoms with Crippen LogP contribution in [0.2, 0.25) is 0 Å². The summed E-state index contributed by atoms with van der Waals surface area (Å²) in [6.07, 6.45) is 1.92. The molecule has 1 aromatic heterocycles. The Morgan fingerprint density at radius 2 is 1.89 bits per heavy atom. The van der Waals surface area contributed by atoms with Crippen LogP contribution in [0.4, 0.5) is 5.95 Å². The van der Waals surface area contributed by atoms with Gasteiger partial charge >= 0.3 is 0 Å². The van der Waals surface area contributed by atoms with Gasteiger partial charge in [0.1, 0.15) is 0 Å². The summed E-state index contributed by atoms with van der Waals surface area (Å²) in [6.45, 7) is 10.6. The number of nitrogens with zero attached hydrogens (tertiary/aromatic N) is 2. The first kappa shape index (κ1) is 15.2. The van der Waals surface area contributed by atoms with Crippen molar-refractivity contribution < 1.29 is 0 Å². The number of rotatable bonds is 6. The molecule has 0 aliphatic rings. The smallest absolute Gasteiger partial charge is 0.223 e. The second-order valence-electron chi connectivity index (χ2n) is 5.16. The topological polar surface area (TPSA) is 37.8 Å². The van der Waals surface area contributed by atoms with Gasteiger partial charge in [-0.15, -0.1) is 11.6 Å². The van der Waals surface area contributed by atoms with E-state index in [0.717, 1.165) is 24.2 Å². The average Bonchev–Trinajstić information content (AvgIpc) is 2.35. The molecule has 0 aliphatic carbocycles. The largest absolute Gasteiger partial charge is 0.348 e. The minimum atomic E-state index is -0.108. The highest BCUT2D eigenvalue weighted by Gasteiger charge is 2.26. The maximum Gasteiger partial charge on any atom is 0.223 e. The third-order valence-corrected chi connectivity index (χ3v) is 3.96. The Hall–Kier alpha value is -0.830. The zero-order valence-corrected chi connectivity index (χ0v) is 12.8. The van der Waals surface area contributed by atoms with Gasteiger partial charge in [0, 0.05) is 17.3 Å². The molecule has 1 heterocycles. The first-order valence-electron chi connectivity index (χ1n) is 6.66. The van der Waals surface area contributed by atoms with Crippen LogP contribution in [0.1, 0.15) is 57.8 Å². The lowest BCUT2D eigenvalue weighted by atomic mass is 9.95. The predicted octanol–water partition coefficient (Wildman–Crippen LogP) is 4.12. The molecule has 0 bridgehead atoms. The second kappa shape index (κ2) is 6.37. The summed E-state index contributed by atoms with van der Waals surface area (Å²) in [5.74, 6) is 1.66. The minimum Gasteiger partial charge on any atom is -0.348 e. The number of aryl methyl sites for hydroxylation is 1. The number of anilines is 1. The molecule has 0 spiro atoms. The van der Waals surface area contributed by atoms with Crippen molar-refractivity contribution in [2.75, 3.05) is 11.2 Å². The SMILES string of the molecule is CCC(CC)(CCl)Nc1nc(C)cc(C(C)C)n1. The summed E-state index contributed by atoms with van der Waals surface area (Å²) in [6, 6.07) is 2.04. The molecule has 0 fully saturated rings. The van der Waals surface area contributed by atoms with E-state index in [1.54, 1.807) is 0 Å². The molecule has 0 aromatic carbocycles. The van der Waals surface area contributed by atoms with Gasteiger partial charge in [0.25, 0.3) is 0 Å². The Labute approximate surface area is 115 Å². The second-order valence-corrected chi connectivity index (χ2v) is 5.43. The lowest BCUT2D eigenvalue weighted by molar-refractivity contribution is 0.480. The zero-order chi connectivity index (χ0) is 13.8. The monoisotopic (exact) mass is 269 g/mol. The fourth-order valence-electron chi connectivity index (χ4n) is 1.83. The van der Waals surface area contributed by atoms with Crippen LogP contribution >= 0.6 is 11.6 Å². The van der Waals surface area contributed by atoms with Gasteiger partial charge in [0.15, 0.2) is 0 Å². The first-order valence-corrected chi connectivity index (χ1v) is 7.19. The summed E-state index contributed by atoms with van der Waals surface area (Å²) in [5.41, 5.74) is 1.96. The number of hydrogen-bond donors (Lipinski definition) is 1. The molecule has 0 aliphatic heterocycles. The van der Waals surface area contributed by atoms with Gasteiger partial charge in [-0.2, -0.15) is 0 Å². The van der Waals surface area contributed by atoms with E-state index < -0.39 is 0 Å². The molecule has 18 heavy (non-hydrogen) atoms. The highest BCUT2D eigenvalue weighted by atomic mass is 35.5. The van der Waals surface area contributed by atoms with Crippen LogP contribution in [0.3, 0.4) is 0 Å². The summed E-state index contributed by atoms with van der Waals surface area (Å²) in [7, 11) is 0. The molecule has 1 aromatic rings. The first-order chi connectivity index (χ1) is 8.46. The summed E-state index contributed by atoms with van der Waals surface area (Å²) >= 11 is 6.10. The average molecular weight is 270 g/mol. The van der Waals surface area contributed by atoms with Crippen LogP contribution < -0.4 is 5.32 Å². The molecule has 0 saturated heterocycles. The van der Waals surface area contributed by atoms with Gasteiger partial charge in [-0.05, 0) is 31.7 Å². The summed E-state index contributed by atoms with van der Waals surface area (Å²) in [4.78, 5) is 9.04. The quantitative estimate of drug-likeness (QED) is 0.790. The lowest BCUT2D eigenvalue weighted by Crippen LogP contribution is -2.39. The van der Waals surface area contributed by atoms with E-state index in [1.165, 1.54) is 0 Å². The summed E-state index contributed by atoms with van der Waals surface area (Å²) < 4.78 is 0. The molecule has 4 heteroatoms. The van der Waals surface area contributed by atoms with Crippen molar-refractivity contribution in [2.24, 2.45) is 0 Å². The van der Waals surface area contributed by atoms with Crippen LogP contribution in [-0.2, 0) is 0 Å². The molecular weight excluding hydrogens is 246 g/mol. The molecular formula is C14H24ClN3. The maximum absolute atomic E-state index is 6.10. The lowest BCUT2D eigenvalue weighted by Gasteiger charge is -2.31. The van der Waals surface area contributed by atoms with Crippen LogP contribution in [0.5, 0.6) is 0 Å². The van der Waals surface area contributed by atoms with Gasteiger partial charge in [-0.3, -0.25) is 0 Å². The van der Waals surface area contributed by atoms with E-state index in [-0.39, 0.29) is 5.54 Å². The van der Waals surface area contributed by atoms with E-state index in [0.29, 0.717) is 17.7 Å². The maximum atomic E-state index is 6.10. The molecule has 0 atom stereocenters. The third-order valence-electron chi connectivity index (χ3n) is 3.45. The summed E-state index contributed by atoms with van der Waals surface area (Å²) in [5, 5.41) is 3.42. The number of nitrogens with one attached hydrogen (secondary N) is 1. The molecule has 1 N–H and O–H groups in total. The van der Waals surface area contributed by atoms with Gasteiger partial charge < -0.3 is 5.32 Å². The van der Waals surface area contributed by atoms with Crippen LogP contribution in [0.15, 0.2) is 6.07 Å². The van der Waals surface area contributed by atoms with Crippen LogP contribution in [0, 0.1) is 6.92 Å². The molecule has 0 saturated carbocycles.